The van der Waals surface area contributed by atoms with Crippen LogP contribution in [0.4, 0.5) is 0 Å². The third-order valence-electron chi connectivity index (χ3n) is 2.59. The summed E-state index contributed by atoms with van der Waals surface area (Å²) in [5.74, 6) is -1.42. The lowest BCUT2D eigenvalue weighted by Gasteiger charge is -2.12. The Balaban J connectivity index is 2.25. The average Bonchev–Trinajstić information content (AvgIpc) is 3.05. The van der Waals surface area contributed by atoms with E-state index >= 15 is 0 Å². The minimum absolute atomic E-state index is 0.264. The predicted octanol–water partition coefficient (Wildman–Crippen LogP) is -0.960. The predicted molar refractivity (Wildman–Crippen MR) is 69.0 cm³/mol. The van der Waals surface area contributed by atoms with E-state index in [1.807, 2.05) is 6.92 Å². The Bertz CT molecular complexity index is 365. The first kappa shape index (κ1) is 15.4. The van der Waals surface area contributed by atoms with Gasteiger partial charge in [0, 0.05) is 19.1 Å². The largest absolute Gasteiger partial charge is 0.391 e. The fourth-order valence-electron chi connectivity index (χ4n) is 1.52. The first-order valence-electron chi connectivity index (χ1n) is 6.31. The monoisotopic (exact) mass is 278 g/mol. The summed E-state index contributed by atoms with van der Waals surface area (Å²) in [6, 6.07) is 0.426. The number of hydrogen-bond acceptors (Lipinski definition) is 5. The number of rotatable bonds is 9. The summed E-state index contributed by atoms with van der Waals surface area (Å²) in [6.45, 7) is 2.63. The molecular weight excluding hydrogens is 256 g/mol. The molecule has 6 nitrogen and oxygen atoms in total. The SMILES string of the molecule is CCCNC(=O)CS(=O)(=O)CC(O)CNC1CC1. The Morgan fingerprint density at radius 2 is 2.11 bits per heavy atom. The van der Waals surface area contributed by atoms with Gasteiger partial charge in [-0.1, -0.05) is 6.92 Å². The second kappa shape index (κ2) is 7.06. The topological polar surface area (TPSA) is 95.5 Å². The van der Waals surface area contributed by atoms with E-state index in [9.17, 15) is 18.3 Å². The number of aliphatic hydroxyl groups is 1. The fourth-order valence-corrected chi connectivity index (χ4v) is 2.84. The summed E-state index contributed by atoms with van der Waals surface area (Å²) in [5, 5.41) is 15.1. The molecule has 1 rings (SSSR count). The van der Waals surface area contributed by atoms with Gasteiger partial charge in [-0.25, -0.2) is 8.42 Å². The van der Waals surface area contributed by atoms with Crippen molar-refractivity contribution in [2.24, 2.45) is 0 Å². The molecule has 1 saturated carbocycles. The maximum atomic E-state index is 11.6. The Morgan fingerprint density at radius 3 is 2.67 bits per heavy atom. The van der Waals surface area contributed by atoms with Crippen molar-refractivity contribution in [3.05, 3.63) is 0 Å². The smallest absolute Gasteiger partial charge is 0.235 e. The number of carbonyl (C=O) groups is 1. The van der Waals surface area contributed by atoms with E-state index in [1.54, 1.807) is 0 Å². The standard InChI is InChI=1S/C11H22N2O4S/c1-2-5-12-11(15)8-18(16,17)7-10(14)6-13-9-3-4-9/h9-10,13-14H,2-8H2,1H3,(H,12,15). The van der Waals surface area contributed by atoms with Gasteiger partial charge in [0.15, 0.2) is 9.84 Å². The van der Waals surface area contributed by atoms with Gasteiger partial charge in [0.1, 0.15) is 5.75 Å². The number of aliphatic hydroxyl groups excluding tert-OH is 1. The zero-order valence-corrected chi connectivity index (χ0v) is 11.5. The van der Waals surface area contributed by atoms with E-state index in [4.69, 9.17) is 0 Å². The maximum Gasteiger partial charge on any atom is 0.235 e. The molecule has 1 atom stereocenters. The van der Waals surface area contributed by atoms with Gasteiger partial charge >= 0.3 is 0 Å². The van der Waals surface area contributed by atoms with Gasteiger partial charge < -0.3 is 15.7 Å². The summed E-state index contributed by atoms with van der Waals surface area (Å²) in [4.78, 5) is 11.3. The Morgan fingerprint density at radius 1 is 1.44 bits per heavy atom. The van der Waals surface area contributed by atoms with Crippen molar-refractivity contribution >= 4 is 15.7 Å². The molecule has 1 aliphatic carbocycles. The van der Waals surface area contributed by atoms with Gasteiger partial charge in [-0.3, -0.25) is 4.79 Å². The molecule has 1 aliphatic rings. The highest BCUT2D eigenvalue weighted by Gasteiger charge is 2.24. The average molecular weight is 278 g/mol. The van der Waals surface area contributed by atoms with Crippen LogP contribution < -0.4 is 10.6 Å². The number of sulfone groups is 1. The zero-order valence-electron chi connectivity index (χ0n) is 10.7. The molecule has 0 spiro atoms. The molecule has 0 saturated heterocycles. The van der Waals surface area contributed by atoms with Crippen molar-refractivity contribution in [3.8, 4) is 0 Å². The van der Waals surface area contributed by atoms with Crippen LogP contribution in [0.2, 0.25) is 0 Å². The molecule has 0 bridgehead atoms. The van der Waals surface area contributed by atoms with Crippen LogP contribution in [-0.2, 0) is 14.6 Å². The minimum Gasteiger partial charge on any atom is -0.391 e. The van der Waals surface area contributed by atoms with Gasteiger partial charge in [0.2, 0.25) is 5.91 Å². The molecule has 0 aromatic carbocycles. The lowest BCUT2D eigenvalue weighted by Crippen LogP contribution is -2.37. The van der Waals surface area contributed by atoms with Crippen molar-refractivity contribution < 1.29 is 18.3 Å². The second-order valence-corrected chi connectivity index (χ2v) is 6.85. The molecule has 3 N–H and O–H groups in total. The van der Waals surface area contributed by atoms with E-state index in [1.165, 1.54) is 0 Å². The highest BCUT2D eigenvalue weighted by atomic mass is 32.2. The van der Waals surface area contributed by atoms with E-state index in [2.05, 4.69) is 10.6 Å². The van der Waals surface area contributed by atoms with Crippen LogP contribution in [0.5, 0.6) is 0 Å². The molecule has 7 heteroatoms. The van der Waals surface area contributed by atoms with Crippen molar-refractivity contribution in [1.82, 2.24) is 10.6 Å². The molecule has 1 fully saturated rings. The van der Waals surface area contributed by atoms with Crippen LogP contribution in [-0.4, -0.2) is 56.2 Å². The maximum absolute atomic E-state index is 11.6. The molecule has 0 aliphatic heterocycles. The van der Waals surface area contributed by atoms with Crippen LogP contribution in [0.15, 0.2) is 0 Å². The Kier molecular flexibility index (Phi) is 6.04. The Labute approximate surface area is 108 Å². The first-order valence-corrected chi connectivity index (χ1v) is 8.13. The van der Waals surface area contributed by atoms with Crippen molar-refractivity contribution in [2.75, 3.05) is 24.6 Å². The van der Waals surface area contributed by atoms with Crippen LogP contribution in [0, 0.1) is 0 Å². The number of carbonyl (C=O) groups excluding carboxylic acids is 1. The van der Waals surface area contributed by atoms with Crippen molar-refractivity contribution in [3.63, 3.8) is 0 Å². The first-order chi connectivity index (χ1) is 8.43. The molecule has 0 heterocycles. The quantitative estimate of drug-likeness (QED) is 0.505. The van der Waals surface area contributed by atoms with Crippen LogP contribution in [0.3, 0.4) is 0 Å². The third kappa shape index (κ3) is 6.93. The van der Waals surface area contributed by atoms with Crippen LogP contribution >= 0.6 is 0 Å². The lowest BCUT2D eigenvalue weighted by molar-refractivity contribution is -0.118. The number of amides is 1. The summed E-state index contributed by atoms with van der Waals surface area (Å²) in [5.41, 5.74) is 0. The van der Waals surface area contributed by atoms with Crippen molar-refractivity contribution in [2.45, 2.75) is 38.3 Å². The van der Waals surface area contributed by atoms with E-state index in [0.717, 1.165) is 19.3 Å². The highest BCUT2D eigenvalue weighted by molar-refractivity contribution is 7.92. The van der Waals surface area contributed by atoms with E-state index in [-0.39, 0.29) is 12.3 Å². The Hall–Kier alpha value is -0.660. The molecule has 18 heavy (non-hydrogen) atoms. The highest BCUT2D eigenvalue weighted by Crippen LogP contribution is 2.18. The van der Waals surface area contributed by atoms with Gasteiger partial charge in [-0.15, -0.1) is 0 Å². The van der Waals surface area contributed by atoms with Gasteiger partial charge in [0.25, 0.3) is 0 Å². The molecule has 0 radical (unpaired) electrons. The molecular formula is C11H22N2O4S. The minimum atomic E-state index is -3.54. The normalized spacial score (nSPS) is 17.4. The molecule has 0 aromatic rings. The molecule has 106 valence electrons. The van der Waals surface area contributed by atoms with Gasteiger partial charge in [-0.05, 0) is 19.3 Å². The summed E-state index contributed by atoms with van der Waals surface area (Å²) in [7, 11) is -3.54. The van der Waals surface area contributed by atoms with E-state index in [0.29, 0.717) is 12.6 Å². The number of hydrogen-bond donors (Lipinski definition) is 3. The van der Waals surface area contributed by atoms with Gasteiger partial charge in [0.05, 0.1) is 11.9 Å². The molecule has 1 amide bonds. The molecule has 1 unspecified atom stereocenters. The van der Waals surface area contributed by atoms with E-state index < -0.39 is 27.6 Å². The molecule has 0 aromatic heterocycles. The summed E-state index contributed by atoms with van der Waals surface area (Å²) in [6.07, 6.45) is 1.98. The third-order valence-corrected chi connectivity index (χ3v) is 4.18. The summed E-state index contributed by atoms with van der Waals surface area (Å²) >= 11 is 0. The zero-order chi connectivity index (χ0) is 13.6. The van der Waals surface area contributed by atoms with Crippen LogP contribution in [0.1, 0.15) is 26.2 Å². The fraction of sp³-hybridized carbons (Fsp3) is 0.909. The van der Waals surface area contributed by atoms with Crippen molar-refractivity contribution in [1.29, 1.82) is 0 Å². The van der Waals surface area contributed by atoms with Crippen LogP contribution in [0.25, 0.3) is 0 Å². The summed E-state index contributed by atoms with van der Waals surface area (Å²) < 4.78 is 23.3. The second-order valence-electron chi connectivity index (χ2n) is 4.74. The van der Waals surface area contributed by atoms with Gasteiger partial charge in [-0.2, -0.15) is 0 Å². The lowest BCUT2D eigenvalue weighted by atomic mass is 10.4. The number of nitrogens with one attached hydrogen (secondary N) is 2.